The van der Waals surface area contributed by atoms with Crippen LogP contribution in [0.2, 0.25) is 0 Å². The summed E-state index contributed by atoms with van der Waals surface area (Å²) in [6.45, 7) is 5.62. The van der Waals surface area contributed by atoms with E-state index in [0.29, 0.717) is 6.54 Å². The van der Waals surface area contributed by atoms with Gasteiger partial charge in [-0.25, -0.2) is 0 Å². The van der Waals surface area contributed by atoms with E-state index >= 15 is 0 Å². The van der Waals surface area contributed by atoms with Gasteiger partial charge in [0.05, 0.1) is 28.5 Å². The van der Waals surface area contributed by atoms with E-state index in [2.05, 4.69) is 25.8 Å². The third kappa shape index (κ3) is 2.97. The molecule has 1 unspecified atom stereocenters. The summed E-state index contributed by atoms with van der Waals surface area (Å²) in [6.07, 6.45) is 3.42. The number of ether oxygens (including phenoxy) is 1. The summed E-state index contributed by atoms with van der Waals surface area (Å²) in [5.41, 5.74) is 0.837. The summed E-state index contributed by atoms with van der Waals surface area (Å²) in [7, 11) is 0. The molecule has 0 saturated carbocycles. The molecule has 4 nitrogen and oxygen atoms in total. The quantitative estimate of drug-likeness (QED) is 0.905. The second-order valence-corrected chi connectivity index (χ2v) is 5.74. The van der Waals surface area contributed by atoms with Gasteiger partial charge in [-0.1, -0.05) is 0 Å². The lowest BCUT2D eigenvalue weighted by Crippen LogP contribution is -2.54. The van der Waals surface area contributed by atoms with E-state index in [-0.39, 0.29) is 18.3 Å². The maximum absolute atomic E-state index is 9.28. The van der Waals surface area contributed by atoms with Crippen molar-refractivity contribution in [1.29, 1.82) is 0 Å². The fraction of sp³-hybridized carbons (Fsp3) is 0.583. The highest BCUT2D eigenvalue weighted by atomic mass is 79.9. The highest BCUT2D eigenvalue weighted by Gasteiger charge is 2.33. The third-order valence-corrected chi connectivity index (χ3v) is 3.39. The van der Waals surface area contributed by atoms with Crippen LogP contribution in [0.3, 0.4) is 0 Å². The fourth-order valence-corrected chi connectivity index (χ4v) is 2.70. The van der Waals surface area contributed by atoms with Gasteiger partial charge in [0.2, 0.25) is 0 Å². The van der Waals surface area contributed by atoms with Crippen molar-refractivity contribution in [1.82, 2.24) is 4.98 Å². The Morgan fingerprint density at radius 1 is 1.65 bits per heavy atom. The molecule has 1 aromatic rings. The summed E-state index contributed by atoms with van der Waals surface area (Å²) in [6, 6.07) is 1.97. The molecule has 0 amide bonds. The van der Waals surface area contributed by atoms with E-state index < -0.39 is 0 Å². The summed E-state index contributed by atoms with van der Waals surface area (Å²) < 4.78 is 6.76. The van der Waals surface area contributed by atoms with Crippen molar-refractivity contribution in [2.75, 3.05) is 24.6 Å². The molecule has 0 bridgehead atoms. The monoisotopic (exact) mass is 300 g/mol. The van der Waals surface area contributed by atoms with Crippen molar-refractivity contribution >= 4 is 21.6 Å². The molecule has 1 aromatic heterocycles. The van der Waals surface area contributed by atoms with Crippen LogP contribution in [0.5, 0.6) is 0 Å². The molecule has 0 radical (unpaired) electrons. The Morgan fingerprint density at radius 3 is 3.06 bits per heavy atom. The van der Waals surface area contributed by atoms with Gasteiger partial charge < -0.3 is 14.7 Å². The van der Waals surface area contributed by atoms with Crippen LogP contribution < -0.4 is 4.90 Å². The molecule has 1 aliphatic rings. The lowest BCUT2D eigenvalue weighted by atomic mass is 10.0. The Morgan fingerprint density at radius 2 is 2.41 bits per heavy atom. The van der Waals surface area contributed by atoms with E-state index in [4.69, 9.17) is 4.74 Å². The second kappa shape index (κ2) is 4.92. The van der Waals surface area contributed by atoms with Crippen LogP contribution in [-0.2, 0) is 4.74 Å². The van der Waals surface area contributed by atoms with Gasteiger partial charge in [-0.2, -0.15) is 0 Å². The van der Waals surface area contributed by atoms with Crippen molar-refractivity contribution in [3.63, 3.8) is 0 Å². The van der Waals surface area contributed by atoms with Crippen LogP contribution in [0.15, 0.2) is 22.9 Å². The Bertz CT molecular complexity index is 398. The molecule has 5 heteroatoms. The van der Waals surface area contributed by atoms with Crippen LogP contribution >= 0.6 is 15.9 Å². The number of pyridine rings is 1. The van der Waals surface area contributed by atoms with Crippen LogP contribution in [0.1, 0.15) is 13.8 Å². The van der Waals surface area contributed by atoms with E-state index in [0.717, 1.165) is 16.7 Å². The third-order valence-electron chi connectivity index (χ3n) is 2.78. The van der Waals surface area contributed by atoms with Crippen LogP contribution in [-0.4, -0.2) is 41.5 Å². The predicted octanol–water partition coefficient (Wildman–Crippen LogP) is 1.82. The van der Waals surface area contributed by atoms with Gasteiger partial charge in [-0.3, -0.25) is 4.98 Å². The number of aliphatic hydroxyl groups is 1. The molecule has 1 fully saturated rings. The Balaban J connectivity index is 2.24. The first kappa shape index (κ1) is 12.8. The van der Waals surface area contributed by atoms with E-state index in [1.165, 1.54) is 0 Å². The molecule has 1 aliphatic heterocycles. The zero-order chi connectivity index (χ0) is 12.5. The number of anilines is 1. The summed E-state index contributed by atoms with van der Waals surface area (Å²) in [5.74, 6) is 0. The minimum absolute atomic E-state index is 0.0443. The summed E-state index contributed by atoms with van der Waals surface area (Å²) >= 11 is 3.50. The molecule has 2 rings (SSSR count). The lowest BCUT2D eigenvalue weighted by molar-refractivity contribution is -0.101. The number of aromatic nitrogens is 1. The standard InChI is InChI=1S/C12H17BrN2O2/c1-12(2)8-15(6-9(7-16)17-12)11-3-4-14-5-10(11)13/h3-5,9,16H,6-8H2,1-2H3. The lowest BCUT2D eigenvalue weighted by Gasteiger charge is -2.43. The maximum atomic E-state index is 9.28. The van der Waals surface area contributed by atoms with Crippen LogP contribution in [0.4, 0.5) is 5.69 Å². The van der Waals surface area contributed by atoms with Crippen molar-refractivity contribution in [2.45, 2.75) is 25.6 Å². The molecular weight excluding hydrogens is 284 g/mol. The van der Waals surface area contributed by atoms with Crippen LogP contribution in [0, 0.1) is 0 Å². The number of halogens is 1. The number of rotatable bonds is 2. The van der Waals surface area contributed by atoms with Crippen molar-refractivity contribution < 1.29 is 9.84 Å². The molecule has 0 spiro atoms. The summed E-state index contributed by atoms with van der Waals surface area (Å²) in [5, 5.41) is 9.28. The Labute approximate surface area is 110 Å². The van der Waals surface area contributed by atoms with Gasteiger partial charge in [0.15, 0.2) is 0 Å². The molecule has 0 aliphatic carbocycles. The van der Waals surface area contributed by atoms with E-state index in [1.807, 2.05) is 19.9 Å². The van der Waals surface area contributed by atoms with Crippen LogP contribution in [0.25, 0.3) is 0 Å². The number of hydrogen-bond donors (Lipinski definition) is 1. The first-order chi connectivity index (χ1) is 8.02. The van der Waals surface area contributed by atoms with Gasteiger partial charge >= 0.3 is 0 Å². The minimum atomic E-state index is -0.256. The highest BCUT2D eigenvalue weighted by Crippen LogP contribution is 2.30. The number of nitrogens with zero attached hydrogens (tertiary/aromatic N) is 2. The normalized spacial score (nSPS) is 23.8. The zero-order valence-corrected chi connectivity index (χ0v) is 11.6. The van der Waals surface area contributed by atoms with Gasteiger partial charge in [0, 0.05) is 25.5 Å². The average Bonchev–Trinajstić information content (AvgIpc) is 2.27. The molecular formula is C12H17BrN2O2. The predicted molar refractivity (Wildman–Crippen MR) is 70.2 cm³/mol. The topological polar surface area (TPSA) is 45.6 Å². The Kier molecular flexibility index (Phi) is 3.70. The van der Waals surface area contributed by atoms with Gasteiger partial charge in [-0.05, 0) is 35.8 Å². The molecule has 1 saturated heterocycles. The zero-order valence-electron chi connectivity index (χ0n) is 10.1. The average molecular weight is 301 g/mol. The SMILES string of the molecule is CC1(C)CN(c2ccncc2Br)CC(CO)O1. The smallest absolute Gasteiger partial charge is 0.0988 e. The van der Waals surface area contributed by atoms with E-state index in [9.17, 15) is 5.11 Å². The van der Waals surface area contributed by atoms with Crippen molar-refractivity contribution in [2.24, 2.45) is 0 Å². The van der Waals surface area contributed by atoms with Gasteiger partial charge in [0.1, 0.15) is 0 Å². The molecule has 2 heterocycles. The van der Waals surface area contributed by atoms with Crippen molar-refractivity contribution in [3.05, 3.63) is 22.9 Å². The molecule has 94 valence electrons. The van der Waals surface area contributed by atoms with Gasteiger partial charge in [-0.15, -0.1) is 0 Å². The molecule has 1 atom stereocenters. The summed E-state index contributed by atoms with van der Waals surface area (Å²) in [4.78, 5) is 6.28. The Hall–Kier alpha value is -0.650. The number of aliphatic hydroxyl groups excluding tert-OH is 1. The largest absolute Gasteiger partial charge is 0.394 e. The maximum Gasteiger partial charge on any atom is 0.0988 e. The van der Waals surface area contributed by atoms with Gasteiger partial charge in [0.25, 0.3) is 0 Å². The first-order valence-corrected chi connectivity index (χ1v) is 6.44. The van der Waals surface area contributed by atoms with E-state index in [1.54, 1.807) is 12.4 Å². The molecule has 17 heavy (non-hydrogen) atoms. The first-order valence-electron chi connectivity index (χ1n) is 5.65. The number of hydrogen-bond acceptors (Lipinski definition) is 4. The fourth-order valence-electron chi connectivity index (χ4n) is 2.20. The molecule has 1 N–H and O–H groups in total. The number of morpholine rings is 1. The highest BCUT2D eigenvalue weighted by molar-refractivity contribution is 9.10. The molecule has 0 aromatic carbocycles. The van der Waals surface area contributed by atoms with Crippen molar-refractivity contribution in [3.8, 4) is 0 Å². The second-order valence-electron chi connectivity index (χ2n) is 4.89. The minimum Gasteiger partial charge on any atom is -0.394 e.